The number of aliphatic hydroxyl groups is 3. The summed E-state index contributed by atoms with van der Waals surface area (Å²) in [4.78, 5) is 34.8. The number of aliphatic hydroxyl groups excluding tert-OH is 3. The number of benzene rings is 7. The van der Waals surface area contributed by atoms with Crippen molar-refractivity contribution in [2.45, 2.75) is 92.6 Å². The molecule has 0 saturated carbocycles. The standard InChI is InChI=1S/C31H28N2O2S.C25H24N2OS.C24H22N2OS/c1-21-8-3-4-10-25(21)20-35-28-13-6-5-12-26(28)29-14-15-30(36-29)27-16-17-32-31(33-27)19-23-9-7-11-24(18-23)22(2)34;1-16-7-8-21(17(2)13-16)23-9-10-24(29-23)22-11-12-26-25(27-22)15-19-5-4-6-20(14-19)18(3)28;1-16-6-3-4-9-20(16)22-10-11-23(28-22)21-12-13-25-24(26-21)15-18-7-5-8-19(14-18)17(2)27/h3-18,22,34H,19-20H2,1-2H3;4-14,18,28H,15H2,1-3H3;3-14,17,27H,15H2,1-2H3. The lowest BCUT2D eigenvalue weighted by Crippen LogP contribution is -1.99. The van der Waals surface area contributed by atoms with Crippen molar-refractivity contribution in [3.8, 4) is 68.8 Å². The van der Waals surface area contributed by atoms with Crippen molar-refractivity contribution in [2.24, 2.45) is 0 Å². The van der Waals surface area contributed by atoms with Gasteiger partial charge in [0, 0.05) is 58.0 Å². The van der Waals surface area contributed by atoms with E-state index in [2.05, 4.69) is 140 Å². The van der Waals surface area contributed by atoms with Gasteiger partial charge in [0.1, 0.15) is 29.8 Å². The van der Waals surface area contributed by atoms with Crippen molar-refractivity contribution >= 4 is 34.0 Å². The first kappa shape index (κ1) is 65.1. The fourth-order valence-corrected chi connectivity index (χ4v) is 14.0. The zero-order valence-electron chi connectivity index (χ0n) is 53.2. The van der Waals surface area contributed by atoms with Gasteiger partial charge in [-0.1, -0.05) is 157 Å². The Labute approximate surface area is 557 Å². The molecule has 0 amide bonds. The summed E-state index contributed by atoms with van der Waals surface area (Å²) in [6.07, 6.45) is 5.92. The second-order valence-electron chi connectivity index (χ2n) is 23.2. The molecule has 0 aliphatic rings. The van der Waals surface area contributed by atoms with Crippen molar-refractivity contribution in [3.63, 3.8) is 0 Å². The fraction of sp³-hybridized carbons (Fsp3) is 0.175. The number of aryl methyl sites for hydroxylation is 4. The van der Waals surface area contributed by atoms with Gasteiger partial charge in [0.2, 0.25) is 0 Å². The highest BCUT2D eigenvalue weighted by atomic mass is 32.1. The number of hydrogen-bond acceptors (Lipinski definition) is 13. The average Bonchev–Trinajstić information content (AvgIpc) is 1.96. The Balaban J connectivity index is 0.000000144. The minimum absolute atomic E-state index is 0.474. The quantitative estimate of drug-likeness (QED) is 0.0758. The Morgan fingerprint density at radius 3 is 1.17 bits per heavy atom. The van der Waals surface area contributed by atoms with Gasteiger partial charge in [-0.25, -0.2) is 29.9 Å². The summed E-state index contributed by atoms with van der Waals surface area (Å²) in [6.45, 7) is 14.4. The fourth-order valence-electron chi connectivity index (χ4n) is 10.8. The van der Waals surface area contributed by atoms with Gasteiger partial charge in [-0.15, -0.1) is 34.0 Å². The van der Waals surface area contributed by atoms with Crippen molar-refractivity contribution in [1.29, 1.82) is 0 Å². The van der Waals surface area contributed by atoms with E-state index < -0.39 is 18.3 Å². The zero-order valence-corrected chi connectivity index (χ0v) is 55.7. The molecule has 3 N–H and O–H groups in total. The summed E-state index contributed by atoms with van der Waals surface area (Å²) in [6, 6.07) is 74.1. The van der Waals surface area contributed by atoms with Crippen LogP contribution in [-0.2, 0) is 25.9 Å². The van der Waals surface area contributed by atoms with Gasteiger partial charge in [0.05, 0.1) is 50.0 Å². The third-order valence-corrected chi connectivity index (χ3v) is 19.4. The average molecular weight is 1280 g/mol. The molecule has 13 rings (SSSR count). The highest BCUT2D eigenvalue weighted by Gasteiger charge is 2.16. The van der Waals surface area contributed by atoms with E-state index in [-0.39, 0.29) is 0 Å². The second kappa shape index (κ2) is 30.8. The second-order valence-corrected chi connectivity index (χ2v) is 26.5. The Kier molecular flexibility index (Phi) is 21.5. The Hall–Kier alpha value is -9.44. The van der Waals surface area contributed by atoms with Crippen molar-refractivity contribution in [1.82, 2.24) is 29.9 Å². The molecule has 0 radical (unpaired) electrons. The van der Waals surface area contributed by atoms with Crippen LogP contribution in [0.15, 0.2) is 237 Å². The van der Waals surface area contributed by atoms with Crippen LogP contribution < -0.4 is 4.74 Å². The molecule has 6 heterocycles. The topological polar surface area (TPSA) is 147 Å². The summed E-state index contributed by atoms with van der Waals surface area (Å²) < 4.78 is 6.25. The van der Waals surface area contributed by atoms with Crippen LogP contribution in [-0.4, -0.2) is 45.2 Å². The maximum absolute atomic E-state index is 9.89. The molecule has 13 heteroatoms. The summed E-state index contributed by atoms with van der Waals surface area (Å²) in [7, 11) is 0. The van der Waals surface area contributed by atoms with Crippen LogP contribution in [0.25, 0.3) is 63.0 Å². The number of hydrogen-bond donors (Lipinski definition) is 3. The largest absolute Gasteiger partial charge is 0.488 e. The minimum Gasteiger partial charge on any atom is -0.488 e. The van der Waals surface area contributed by atoms with E-state index in [1.54, 1.807) is 54.8 Å². The van der Waals surface area contributed by atoms with Gasteiger partial charge >= 0.3 is 0 Å². The molecule has 13 aromatic rings. The summed E-state index contributed by atoms with van der Waals surface area (Å²) >= 11 is 5.20. The number of thiophene rings is 3. The summed E-state index contributed by atoms with van der Waals surface area (Å²) in [5.74, 6) is 3.19. The molecule has 0 bridgehead atoms. The Morgan fingerprint density at radius 2 is 0.742 bits per heavy atom. The maximum atomic E-state index is 9.89. The number of para-hydroxylation sites is 1. The van der Waals surface area contributed by atoms with Crippen LogP contribution in [0.3, 0.4) is 0 Å². The van der Waals surface area contributed by atoms with Crippen molar-refractivity contribution < 1.29 is 20.1 Å². The van der Waals surface area contributed by atoms with E-state index in [4.69, 9.17) is 19.7 Å². The number of nitrogens with zero attached hydrogens (tertiary/aromatic N) is 6. The molecule has 466 valence electrons. The van der Waals surface area contributed by atoms with Gasteiger partial charge in [-0.2, -0.15) is 0 Å². The molecular weight excluding hydrogens is 1210 g/mol. The predicted molar refractivity (Wildman–Crippen MR) is 382 cm³/mol. The molecule has 0 spiro atoms. The van der Waals surface area contributed by atoms with E-state index in [9.17, 15) is 15.3 Å². The molecule has 93 heavy (non-hydrogen) atoms. The maximum Gasteiger partial charge on any atom is 0.133 e. The van der Waals surface area contributed by atoms with E-state index in [1.807, 2.05) is 140 Å². The lowest BCUT2D eigenvalue weighted by molar-refractivity contribution is 0.199. The molecule has 0 aliphatic heterocycles. The smallest absolute Gasteiger partial charge is 0.133 e. The summed E-state index contributed by atoms with van der Waals surface area (Å²) in [5.41, 5.74) is 18.7. The third kappa shape index (κ3) is 17.2. The van der Waals surface area contributed by atoms with E-state index >= 15 is 0 Å². The Bertz CT molecular complexity index is 4640. The van der Waals surface area contributed by atoms with Crippen LogP contribution in [0.5, 0.6) is 5.75 Å². The van der Waals surface area contributed by atoms with Gasteiger partial charge in [0.25, 0.3) is 0 Å². The van der Waals surface area contributed by atoms with E-state index in [0.29, 0.717) is 25.9 Å². The number of rotatable bonds is 18. The van der Waals surface area contributed by atoms with Crippen LogP contribution >= 0.6 is 34.0 Å². The molecule has 0 aliphatic carbocycles. The monoisotopic (exact) mass is 1280 g/mol. The molecule has 7 aromatic carbocycles. The normalized spacial score (nSPS) is 12.0. The lowest BCUT2D eigenvalue weighted by atomic mass is 10.0. The first-order chi connectivity index (χ1) is 45.2. The van der Waals surface area contributed by atoms with Gasteiger partial charge in [-0.3, -0.25) is 0 Å². The molecular formula is C80H74N6O4S3. The highest BCUT2D eigenvalue weighted by molar-refractivity contribution is 7.19. The zero-order chi connectivity index (χ0) is 64.8. The van der Waals surface area contributed by atoms with Crippen LogP contribution in [0.2, 0.25) is 0 Å². The predicted octanol–water partition coefficient (Wildman–Crippen LogP) is 19.4. The van der Waals surface area contributed by atoms with Crippen molar-refractivity contribution in [3.05, 3.63) is 316 Å². The van der Waals surface area contributed by atoms with Gasteiger partial charge in [0.15, 0.2) is 0 Å². The van der Waals surface area contributed by atoms with Gasteiger partial charge in [-0.05, 0) is 182 Å². The third-order valence-electron chi connectivity index (χ3n) is 15.9. The van der Waals surface area contributed by atoms with Crippen molar-refractivity contribution in [2.75, 3.05) is 0 Å². The highest BCUT2D eigenvalue weighted by Crippen LogP contribution is 2.40. The van der Waals surface area contributed by atoms with E-state index in [0.717, 1.165) is 98.8 Å². The molecule has 10 nitrogen and oxygen atoms in total. The molecule has 0 saturated heterocycles. The first-order valence-electron chi connectivity index (χ1n) is 31.1. The summed E-state index contributed by atoms with van der Waals surface area (Å²) in [5, 5.41) is 29.5. The molecule has 0 fully saturated rings. The van der Waals surface area contributed by atoms with Gasteiger partial charge < -0.3 is 20.1 Å². The van der Waals surface area contributed by atoms with Crippen LogP contribution in [0.4, 0.5) is 0 Å². The Morgan fingerprint density at radius 1 is 0.355 bits per heavy atom. The molecule has 6 aromatic heterocycles. The molecule has 3 atom stereocenters. The number of aromatic nitrogens is 6. The molecule has 3 unspecified atom stereocenters. The van der Waals surface area contributed by atoms with Crippen LogP contribution in [0, 0.1) is 27.7 Å². The number of ether oxygens (including phenoxy) is 1. The van der Waals surface area contributed by atoms with E-state index in [1.165, 1.54) is 48.7 Å². The minimum atomic E-state index is -0.495. The SMILES string of the molecule is Cc1ccc(-c2ccc(-c3ccnc(Cc4cccc(C(C)O)c4)n3)s2)c(C)c1.Cc1ccccc1-c1ccc(-c2ccnc(Cc3cccc(C(C)O)c3)n2)s1.Cc1ccccc1COc1ccccc1-c1ccc(-c2ccnc(Cc3cccc(C(C)O)c3)n2)s1. The lowest BCUT2D eigenvalue weighted by Gasteiger charge is -2.12. The van der Waals surface area contributed by atoms with Crippen LogP contribution in [0.1, 0.15) is 118 Å². The first-order valence-corrected chi connectivity index (χ1v) is 33.6.